The minimum absolute atomic E-state index is 0.0601. The van der Waals surface area contributed by atoms with Gasteiger partial charge in [0.25, 0.3) is 5.91 Å². The fourth-order valence-electron chi connectivity index (χ4n) is 2.62. The van der Waals surface area contributed by atoms with Gasteiger partial charge in [-0.3, -0.25) is 4.79 Å². The molecule has 0 saturated heterocycles. The summed E-state index contributed by atoms with van der Waals surface area (Å²) in [5.74, 6) is 0.192. The molecule has 2 nitrogen and oxygen atoms in total. The Labute approximate surface area is 97.4 Å². The SMILES string of the molecule is CN1C(=O)c2c(CBr)cccc2C12CC2. The zero-order valence-electron chi connectivity index (χ0n) is 8.59. The van der Waals surface area contributed by atoms with E-state index in [1.54, 1.807) is 0 Å². The van der Waals surface area contributed by atoms with Crippen molar-refractivity contribution in [1.82, 2.24) is 4.90 Å². The number of nitrogens with zero attached hydrogens (tertiary/aromatic N) is 1. The third-order valence-corrected chi connectivity index (χ3v) is 4.28. The second kappa shape index (κ2) is 2.85. The molecule has 1 heterocycles. The molecule has 0 atom stereocenters. The molecule has 0 N–H and O–H groups in total. The number of hydrogen-bond donors (Lipinski definition) is 0. The summed E-state index contributed by atoms with van der Waals surface area (Å²) in [7, 11) is 1.92. The Morgan fingerprint density at radius 1 is 1.47 bits per heavy atom. The van der Waals surface area contributed by atoms with Gasteiger partial charge in [0.05, 0.1) is 5.54 Å². The molecule has 1 saturated carbocycles. The van der Waals surface area contributed by atoms with Crippen LogP contribution in [0.15, 0.2) is 18.2 Å². The van der Waals surface area contributed by atoms with Gasteiger partial charge in [-0.1, -0.05) is 34.1 Å². The van der Waals surface area contributed by atoms with E-state index in [-0.39, 0.29) is 11.4 Å². The maximum Gasteiger partial charge on any atom is 0.255 e. The summed E-state index contributed by atoms with van der Waals surface area (Å²) in [4.78, 5) is 14.1. The van der Waals surface area contributed by atoms with Crippen LogP contribution in [0.5, 0.6) is 0 Å². The van der Waals surface area contributed by atoms with Gasteiger partial charge in [-0.25, -0.2) is 0 Å². The standard InChI is InChI=1S/C12H12BrNO/c1-14-11(15)10-8(7-13)3-2-4-9(10)12(14)5-6-12/h2-4H,5-7H2,1H3. The summed E-state index contributed by atoms with van der Waals surface area (Å²) < 4.78 is 0. The van der Waals surface area contributed by atoms with Crippen LogP contribution in [0.2, 0.25) is 0 Å². The van der Waals surface area contributed by atoms with Crippen LogP contribution in [0.4, 0.5) is 0 Å². The monoisotopic (exact) mass is 265 g/mol. The zero-order chi connectivity index (χ0) is 10.6. The van der Waals surface area contributed by atoms with Crippen LogP contribution in [0.3, 0.4) is 0 Å². The number of carbonyl (C=O) groups excluding carboxylic acids is 1. The Bertz CT molecular complexity index is 451. The molecular formula is C12H12BrNO. The number of amides is 1. The van der Waals surface area contributed by atoms with Gasteiger partial charge in [0.2, 0.25) is 0 Å². The Morgan fingerprint density at radius 3 is 2.80 bits per heavy atom. The first-order chi connectivity index (χ1) is 7.20. The highest BCUT2D eigenvalue weighted by Crippen LogP contribution is 2.56. The zero-order valence-corrected chi connectivity index (χ0v) is 10.2. The van der Waals surface area contributed by atoms with Crippen LogP contribution >= 0.6 is 15.9 Å². The second-order valence-electron chi connectivity index (χ2n) is 4.37. The van der Waals surface area contributed by atoms with E-state index in [2.05, 4.69) is 28.1 Å². The van der Waals surface area contributed by atoms with Gasteiger partial charge >= 0.3 is 0 Å². The predicted molar refractivity (Wildman–Crippen MR) is 62.1 cm³/mol. The fourth-order valence-corrected chi connectivity index (χ4v) is 3.09. The Kier molecular flexibility index (Phi) is 1.78. The van der Waals surface area contributed by atoms with E-state index in [1.807, 2.05) is 18.0 Å². The molecule has 0 unspecified atom stereocenters. The summed E-state index contributed by atoms with van der Waals surface area (Å²) >= 11 is 3.45. The number of halogens is 1. The van der Waals surface area contributed by atoms with Crippen molar-refractivity contribution in [2.45, 2.75) is 23.7 Å². The largest absolute Gasteiger partial charge is 0.332 e. The molecule has 1 fully saturated rings. The van der Waals surface area contributed by atoms with E-state index in [0.717, 1.165) is 29.3 Å². The molecular weight excluding hydrogens is 254 g/mol. The fraction of sp³-hybridized carbons (Fsp3) is 0.417. The van der Waals surface area contributed by atoms with Crippen LogP contribution in [-0.2, 0) is 10.9 Å². The van der Waals surface area contributed by atoms with Gasteiger partial charge in [-0.05, 0) is 24.0 Å². The Balaban J connectivity index is 2.26. The van der Waals surface area contributed by atoms with Crippen molar-refractivity contribution in [1.29, 1.82) is 0 Å². The molecule has 0 radical (unpaired) electrons. The molecule has 15 heavy (non-hydrogen) atoms. The molecule has 3 rings (SSSR count). The molecule has 1 aliphatic carbocycles. The molecule has 1 aromatic rings. The first kappa shape index (κ1) is 9.40. The van der Waals surface area contributed by atoms with Gasteiger partial charge in [0.15, 0.2) is 0 Å². The normalized spacial score (nSPS) is 20.9. The maximum absolute atomic E-state index is 12.1. The number of rotatable bonds is 1. The third kappa shape index (κ3) is 1.02. The van der Waals surface area contributed by atoms with Crippen LogP contribution in [0.1, 0.15) is 34.3 Å². The lowest BCUT2D eigenvalue weighted by Crippen LogP contribution is -2.28. The minimum atomic E-state index is 0.0601. The van der Waals surface area contributed by atoms with Crippen molar-refractivity contribution >= 4 is 21.8 Å². The molecule has 3 heteroatoms. The van der Waals surface area contributed by atoms with Gasteiger partial charge in [0.1, 0.15) is 0 Å². The molecule has 0 bridgehead atoms. The average Bonchev–Trinajstić information content (AvgIpc) is 3.03. The van der Waals surface area contributed by atoms with E-state index >= 15 is 0 Å². The Hall–Kier alpha value is -0.830. The maximum atomic E-state index is 12.1. The topological polar surface area (TPSA) is 20.3 Å². The predicted octanol–water partition coefficient (Wildman–Crippen LogP) is 2.66. The number of carbonyl (C=O) groups is 1. The number of benzene rings is 1. The van der Waals surface area contributed by atoms with E-state index in [9.17, 15) is 4.79 Å². The van der Waals surface area contributed by atoms with E-state index < -0.39 is 0 Å². The molecule has 1 aromatic carbocycles. The number of hydrogen-bond acceptors (Lipinski definition) is 1. The Morgan fingerprint density at radius 2 is 2.20 bits per heavy atom. The first-order valence-corrected chi connectivity index (χ1v) is 6.29. The van der Waals surface area contributed by atoms with Crippen molar-refractivity contribution in [3.63, 3.8) is 0 Å². The average molecular weight is 266 g/mol. The highest BCUT2D eigenvalue weighted by molar-refractivity contribution is 9.08. The van der Waals surface area contributed by atoms with E-state index in [0.29, 0.717) is 0 Å². The van der Waals surface area contributed by atoms with Gasteiger partial charge in [0, 0.05) is 17.9 Å². The van der Waals surface area contributed by atoms with E-state index in [1.165, 1.54) is 5.56 Å². The summed E-state index contributed by atoms with van der Waals surface area (Å²) in [6, 6.07) is 6.19. The van der Waals surface area contributed by atoms with Gasteiger partial charge in [-0.15, -0.1) is 0 Å². The van der Waals surface area contributed by atoms with Gasteiger partial charge in [-0.2, -0.15) is 0 Å². The summed E-state index contributed by atoms with van der Waals surface area (Å²) in [6.07, 6.45) is 2.24. The third-order valence-electron chi connectivity index (χ3n) is 3.68. The molecule has 78 valence electrons. The number of fused-ring (bicyclic) bond motifs is 2. The van der Waals surface area contributed by atoms with Crippen LogP contribution in [0.25, 0.3) is 0 Å². The lowest BCUT2D eigenvalue weighted by molar-refractivity contribution is 0.0755. The van der Waals surface area contributed by atoms with Crippen LogP contribution in [0, 0.1) is 0 Å². The quantitative estimate of drug-likeness (QED) is 0.715. The van der Waals surface area contributed by atoms with Gasteiger partial charge < -0.3 is 4.90 Å². The summed E-state index contributed by atoms with van der Waals surface area (Å²) in [5.41, 5.74) is 3.36. The van der Waals surface area contributed by atoms with Crippen molar-refractivity contribution in [3.05, 3.63) is 34.9 Å². The molecule has 1 amide bonds. The number of alkyl halides is 1. The van der Waals surface area contributed by atoms with Crippen molar-refractivity contribution in [3.8, 4) is 0 Å². The molecule has 0 aromatic heterocycles. The van der Waals surface area contributed by atoms with Crippen molar-refractivity contribution < 1.29 is 4.79 Å². The van der Waals surface area contributed by atoms with Crippen LogP contribution < -0.4 is 0 Å². The molecule has 1 aliphatic heterocycles. The van der Waals surface area contributed by atoms with E-state index in [4.69, 9.17) is 0 Å². The lowest BCUT2D eigenvalue weighted by Gasteiger charge is -2.18. The smallest absolute Gasteiger partial charge is 0.255 e. The van der Waals surface area contributed by atoms with Crippen molar-refractivity contribution in [2.75, 3.05) is 7.05 Å². The summed E-state index contributed by atoms with van der Waals surface area (Å²) in [5, 5.41) is 0.756. The minimum Gasteiger partial charge on any atom is -0.332 e. The van der Waals surface area contributed by atoms with Crippen LogP contribution in [-0.4, -0.2) is 17.9 Å². The molecule has 1 spiro atoms. The van der Waals surface area contributed by atoms with Crippen molar-refractivity contribution in [2.24, 2.45) is 0 Å². The highest BCUT2D eigenvalue weighted by atomic mass is 79.9. The summed E-state index contributed by atoms with van der Waals surface area (Å²) in [6.45, 7) is 0. The first-order valence-electron chi connectivity index (χ1n) is 5.17. The second-order valence-corrected chi connectivity index (χ2v) is 4.93. The highest BCUT2D eigenvalue weighted by Gasteiger charge is 2.56. The lowest BCUT2D eigenvalue weighted by atomic mass is 9.99. The molecule has 2 aliphatic rings.